The molecule has 146 valence electrons. The summed E-state index contributed by atoms with van der Waals surface area (Å²) >= 11 is 0. The van der Waals surface area contributed by atoms with E-state index in [1.807, 2.05) is 11.9 Å². The quantitative estimate of drug-likeness (QED) is 0.798. The van der Waals surface area contributed by atoms with Gasteiger partial charge in [-0.15, -0.1) is 0 Å². The molecule has 2 amide bonds. The summed E-state index contributed by atoms with van der Waals surface area (Å²) in [5.74, 6) is -1.17. The Bertz CT molecular complexity index is 935. The van der Waals surface area contributed by atoms with Crippen molar-refractivity contribution in [3.63, 3.8) is 0 Å². The number of rotatable bonds is 2. The summed E-state index contributed by atoms with van der Waals surface area (Å²) in [6.07, 6.45) is 0.684. The molecule has 28 heavy (non-hydrogen) atoms. The first-order chi connectivity index (χ1) is 13.4. The standard InChI is InChI=1S/C21H21F2N3O2/c1-24-12-19(27)26(18-7-3-6-17(23)11-18)14-21(24)8-9-25(13-21)20(28)15-4-2-5-16(22)10-15/h2-7,10-11H,8-9,12-14H2,1H3. The van der Waals surface area contributed by atoms with Crippen LogP contribution in [-0.2, 0) is 4.79 Å². The van der Waals surface area contributed by atoms with Crippen LogP contribution in [0.2, 0.25) is 0 Å². The van der Waals surface area contributed by atoms with Crippen molar-refractivity contribution in [3.8, 4) is 0 Å². The lowest BCUT2D eigenvalue weighted by Crippen LogP contribution is -2.64. The Kier molecular flexibility index (Phi) is 4.63. The number of hydrogen-bond acceptors (Lipinski definition) is 3. The maximum Gasteiger partial charge on any atom is 0.254 e. The van der Waals surface area contributed by atoms with E-state index in [9.17, 15) is 18.4 Å². The van der Waals surface area contributed by atoms with Crippen molar-refractivity contribution in [2.45, 2.75) is 12.0 Å². The number of likely N-dealkylation sites (tertiary alicyclic amines) is 1. The van der Waals surface area contributed by atoms with Gasteiger partial charge in [0.1, 0.15) is 11.6 Å². The SMILES string of the molecule is CN1CC(=O)N(c2cccc(F)c2)CC12CCN(C(=O)c1cccc(F)c1)C2. The van der Waals surface area contributed by atoms with Crippen molar-refractivity contribution in [2.24, 2.45) is 0 Å². The summed E-state index contributed by atoms with van der Waals surface area (Å²) in [7, 11) is 1.87. The van der Waals surface area contributed by atoms with Gasteiger partial charge in [-0.05, 0) is 49.9 Å². The zero-order valence-corrected chi connectivity index (χ0v) is 15.6. The number of halogens is 2. The lowest BCUT2D eigenvalue weighted by Gasteiger charge is -2.46. The number of carbonyl (C=O) groups excluding carboxylic acids is 2. The number of piperazine rings is 1. The Balaban J connectivity index is 1.57. The summed E-state index contributed by atoms with van der Waals surface area (Å²) < 4.78 is 27.1. The monoisotopic (exact) mass is 385 g/mol. The second-order valence-corrected chi connectivity index (χ2v) is 7.53. The number of benzene rings is 2. The Morgan fingerprint density at radius 1 is 1.04 bits per heavy atom. The lowest BCUT2D eigenvalue weighted by molar-refractivity contribution is -0.123. The van der Waals surface area contributed by atoms with Crippen LogP contribution in [0.3, 0.4) is 0 Å². The van der Waals surface area contributed by atoms with Crippen LogP contribution >= 0.6 is 0 Å². The number of hydrogen-bond donors (Lipinski definition) is 0. The second-order valence-electron chi connectivity index (χ2n) is 7.53. The van der Waals surface area contributed by atoms with Gasteiger partial charge < -0.3 is 9.80 Å². The minimum atomic E-state index is -0.447. The second kappa shape index (κ2) is 6.98. The van der Waals surface area contributed by atoms with Crippen molar-refractivity contribution in [3.05, 3.63) is 65.7 Å². The molecule has 2 saturated heterocycles. The molecule has 0 saturated carbocycles. The predicted octanol–water partition coefficient (Wildman–Crippen LogP) is 2.53. The fraction of sp³-hybridized carbons (Fsp3) is 0.333. The fourth-order valence-corrected chi connectivity index (χ4v) is 4.11. The Hall–Kier alpha value is -2.80. The molecule has 4 rings (SSSR count). The van der Waals surface area contributed by atoms with Crippen LogP contribution in [0.5, 0.6) is 0 Å². The van der Waals surface area contributed by atoms with E-state index in [1.54, 1.807) is 28.0 Å². The summed E-state index contributed by atoms with van der Waals surface area (Å²) in [6, 6.07) is 11.6. The van der Waals surface area contributed by atoms with E-state index in [-0.39, 0.29) is 18.4 Å². The largest absolute Gasteiger partial charge is 0.337 e. The van der Waals surface area contributed by atoms with Gasteiger partial charge in [0.2, 0.25) is 5.91 Å². The molecule has 2 aromatic carbocycles. The first-order valence-corrected chi connectivity index (χ1v) is 9.20. The summed E-state index contributed by atoms with van der Waals surface area (Å²) in [5.41, 5.74) is 0.421. The van der Waals surface area contributed by atoms with Gasteiger partial charge in [-0.25, -0.2) is 8.78 Å². The van der Waals surface area contributed by atoms with Gasteiger partial charge in [-0.1, -0.05) is 12.1 Å². The van der Waals surface area contributed by atoms with Crippen LogP contribution in [0.1, 0.15) is 16.8 Å². The number of nitrogens with zero attached hydrogens (tertiary/aromatic N) is 3. The minimum Gasteiger partial charge on any atom is -0.337 e. The van der Waals surface area contributed by atoms with Crippen molar-refractivity contribution in [1.82, 2.24) is 9.80 Å². The number of amides is 2. The maximum absolute atomic E-state index is 13.7. The molecule has 0 N–H and O–H groups in total. The topological polar surface area (TPSA) is 43.9 Å². The zero-order chi connectivity index (χ0) is 19.9. The minimum absolute atomic E-state index is 0.103. The number of carbonyl (C=O) groups is 2. The molecule has 0 bridgehead atoms. The molecule has 1 spiro atoms. The summed E-state index contributed by atoms with van der Waals surface area (Å²) in [6.45, 7) is 1.51. The molecule has 7 heteroatoms. The Morgan fingerprint density at radius 3 is 2.46 bits per heavy atom. The molecule has 0 aromatic heterocycles. The zero-order valence-electron chi connectivity index (χ0n) is 15.6. The van der Waals surface area contributed by atoms with Crippen LogP contribution in [0.4, 0.5) is 14.5 Å². The molecule has 2 fully saturated rings. The molecule has 2 aliphatic rings. The molecule has 0 radical (unpaired) electrons. The highest BCUT2D eigenvalue weighted by atomic mass is 19.1. The van der Waals surface area contributed by atoms with Crippen LogP contribution < -0.4 is 4.90 Å². The number of anilines is 1. The van der Waals surface area contributed by atoms with E-state index >= 15 is 0 Å². The van der Waals surface area contributed by atoms with Gasteiger partial charge in [0.15, 0.2) is 0 Å². The highest BCUT2D eigenvalue weighted by Gasteiger charge is 2.48. The van der Waals surface area contributed by atoms with Gasteiger partial charge in [0.05, 0.1) is 12.1 Å². The summed E-state index contributed by atoms with van der Waals surface area (Å²) in [5, 5.41) is 0. The smallest absolute Gasteiger partial charge is 0.254 e. The molecule has 1 atom stereocenters. The molecular weight excluding hydrogens is 364 g/mol. The molecule has 2 aromatic rings. The lowest BCUT2D eigenvalue weighted by atomic mass is 9.92. The van der Waals surface area contributed by atoms with Crippen LogP contribution in [0, 0.1) is 11.6 Å². The molecular formula is C21H21F2N3O2. The van der Waals surface area contributed by atoms with Crippen molar-refractivity contribution in [2.75, 3.05) is 38.1 Å². The van der Waals surface area contributed by atoms with Crippen LogP contribution in [0.15, 0.2) is 48.5 Å². The van der Waals surface area contributed by atoms with E-state index in [0.29, 0.717) is 37.3 Å². The van der Waals surface area contributed by atoms with E-state index in [4.69, 9.17) is 0 Å². The van der Waals surface area contributed by atoms with Gasteiger partial charge in [-0.2, -0.15) is 0 Å². The van der Waals surface area contributed by atoms with E-state index in [2.05, 4.69) is 0 Å². The maximum atomic E-state index is 13.7. The average molecular weight is 385 g/mol. The Labute approximate surface area is 162 Å². The summed E-state index contributed by atoms with van der Waals surface area (Å²) in [4.78, 5) is 30.6. The Morgan fingerprint density at radius 2 is 1.75 bits per heavy atom. The fourth-order valence-electron chi connectivity index (χ4n) is 4.11. The predicted molar refractivity (Wildman–Crippen MR) is 101 cm³/mol. The molecule has 0 aliphatic carbocycles. The van der Waals surface area contributed by atoms with E-state index in [1.165, 1.54) is 30.3 Å². The highest BCUT2D eigenvalue weighted by molar-refractivity contribution is 5.97. The van der Waals surface area contributed by atoms with Crippen molar-refractivity contribution < 1.29 is 18.4 Å². The van der Waals surface area contributed by atoms with E-state index < -0.39 is 17.2 Å². The van der Waals surface area contributed by atoms with Crippen LogP contribution in [-0.4, -0.2) is 60.4 Å². The van der Waals surface area contributed by atoms with Gasteiger partial charge in [0, 0.05) is 30.9 Å². The van der Waals surface area contributed by atoms with E-state index in [0.717, 1.165) is 0 Å². The van der Waals surface area contributed by atoms with Crippen LogP contribution in [0.25, 0.3) is 0 Å². The van der Waals surface area contributed by atoms with Gasteiger partial charge >= 0.3 is 0 Å². The normalized spacial score (nSPS) is 22.9. The van der Waals surface area contributed by atoms with Gasteiger partial charge in [0.25, 0.3) is 5.91 Å². The van der Waals surface area contributed by atoms with Crippen molar-refractivity contribution in [1.29, 1.82) is 0 Å². The number of likely N-dealkylation sites (N-methyl/N-ethyl adjacent to an activating group) is 1. The van der Waals surface area contributed by atoms with Crippen molar-refractivity contribution >= 4 is 17.5 Å². The molecule has 1 unspecified atom stereocenters. The third-order valence-corrected chi connectivity index (χ3v) is 5.75. The molecule has 2 heterocycles. The average Bonchev–Trinajstić information content (AvgIpc) is 3.09. The van der Waals surface area contributed by atoms with Gasteiger partial charge in [-0.3, -0.25) is 14.5 Å². The first-order valence-electron chi connectivity index (χ1n) is 9.20. The third kappa shape index (κ3) is 3.26. The highest BCUT2D eigenvalue weighted by Crippen LogP contribution is 2.34. The molecule has 2 aliphatic heterocycles. The molecule has 5 nitrogen and oxygen atoms in total. The third-order valence-electron chi connectivity index (χ3n) is 5.75. The first kappa shape index (κ1) is 18.6.